The van der Waals surface area contributed by atoms with Gasteiger partial charge in [-0.1, -0.05) is 203 Å². The van der Waals surface area contributed by atoms with Gasteiger partial charge >= 0.3 is 0 Å². The van der Waals surface area contributed by atoms with E-state index in [0.717, 1.165) is 15.7 Å². The van der Waals surface area contributed by atoms with Crippen LogP contribution in [0.25, 0.3) is 83.9 Å². The van der Waals surface area contributed by atoms with E-state index in [2.05, 4.69) is 11.1 Å². The summed E-state index contributed by atoms with van der Waals surface area (Å²) in [7, 11) is 0. The fourth-order valence-corrected chi connectivity index (χ4v) is 8.50. The monoisotopic (exact) mass is 1130 g/mol. The zero-order valence-corrected chi connectivity index (χ0v) is 41.3. The first-order valence-corrected chi connectivity index (χ1v) is 22.0. The third kappa shape index (κ3) is 9.73. The van der Waals surface area contributed by atoms with Crippen LogP contribution in [0.4, 0.5) is 0 Å². The fourth-order valence-electron chi connectivity index (χ4n) is 8.50. The van der Waals surface area contributed by atoms with Crippen LogP contribution in [0.15, 0.2) is 158 Å². The first-order valence-electron chi connectivity index (χ1n) is 36.5. The molecule has 7 aromatic carbocycles. The van der Waals surface area contributed by atoms with Gasteiger partial charge in [0.05, 0.1) is 33.3 Å². The summed E-state index contributed by atoms with van der Waals surface area (Å²) in [6.07, 6.45) is -0.783. The summed E-state index contributed by atoms with van der Waals surface area (Å²) in [6.45, 7) is -17.5. The van der Waals surface area contributed by atoms with Crippen LogP contribution >= 0.6 is 0 Å². The molecule has 4 nitrogen and oxygen atoms in total. The number of hydrogen-bond acceptors (Lipinski definition) is 3. The Bertz CT molecular complexity index is 4550. The Labute approximate surface area is 472 Å². The van der Waals surface area contributed by atoms with Crippen LogP contribution < -0.4 is 0 Å². The van der Waals surface area contributed by atoms with E-state index in [-0.39, 0.29) is 66.2 Å². The number of aryl methyl sites for hydroxylation is 1. The van der Waals surface area contributed by atoms with E-state index in [1.165, 1.54) is 30.3 Å². The number of rotatable bonds is 7. The molecule has 358 valence electrons. The number of aromatic hydroxyl groups is 1. The summed E-state index contributed by atoms with van der Waals surface area (Å²) < 4.78 is 258. The van der Waals surface area contributed by atoms with Gasteiger partial charge in [-0.05, 0) is 109 Å². The van der Waals surface area contributed by atoms with Crippen molar-refractivity contribution in [2.75, 3.05) is 0 Å². The topological polar surface area (TPSA) is 50.9 Å². The molecule has 0 radical (unpaired) electrons. The number of benzene rings is 7. The van der Waals surface area contributed by atoms with E-state index in [4.69, 9.17) is 39.3 Å². The zero-order chi connectivity index (χ0) is 73.7. The molecular formula is C65H66N3OPt-. The third-order valence-electron chi connectivity index (χ3n) is 12.0. The van der Waals surface area contributed by atoms with E-state index in [1.54, 1.807) is 39.0 Å². The van der Waals surface area contributed by atoms with Crippen LogP contribution in [0.5, 0.6) is 5.75 Å². The van der Waals surface area contributed by atoms with Gasteiger partial charge in [-0.3, -0.25) is 9.55 Å². The second kappa shape index (κ2) is 18.8. The maximum atomic E-state index is 13.2. The molecule has 0 amide bonds. The molecule has 0 aliphatic rings. The maximum absolute atomic E-state index is 13.2. The van der Waals surface area contributed by atoms with Crippen molar-refractivity contribution < 1.29 is 65.9 Å². The molecule has 2 heterocycles. The molecule has 1 N–H and O–H groups in total. The number of hydrogen-bond donors (Lipinski definition) is 1. The number of aromatic nitrogens is 3. The van der Waals surface area contributed by atoms with Gasteiger partial charge in [0.2, 0.25) is 0 Å². The molecule has 70 heavy (non-hydrogen) atoms. The van der Waals surface area contributed by atoms with E-state index in [9.17, 15) is 10.6 Å². The second-order valence-corrected chi connectivity index (χ2v) is 19.1. The third-order valence-corrected chi connectivity index (χ3v) is 12.0. The number of phenolic OH excluding ortho intramolecular Hbond substituents is 1. The molecule has 9 aromatic rings. The molecule has 0 aliphatic heterocycles. The maximum Gasteiger partial charge on any atom is 0.148 e. The molecule has 9 rings (SSSR count). The van der Waals surface area contributed by atoms with Crippen molar-refractivity contribution in [2.45, 2.75) is 111 Å². The van der Waals surface area contributed by atoms with Crippen molar-refractivity contribution in [1.29, 1.82) is 0 Å². The minimum atomic E-state index is -4.35. The van der Waals surface area contributed by atoms with Gasteiger partial charge < -0.3 is 5.11 Å². The summed E-state index contributed by atoms with van der Waals surface area (Å²) in [5.41, 5.74) is -13.4. The first-order chi connectivity index (χ1) is 44.6. The predicted molar refractivity (Wildman–Crippen MR) is 292 cm³/mol. The van der Waals surface area contributed by atoms with Crippen molar-refractivity contribution in [3.63, 3.8) is 0 Å². The van der Waals surface area contributed by atoms with Crippen LogP contribution in [0, 0.1) is 12.9 Å². The molecule has 0 bridgehead atoms. The summed E-state index contributed by atoms with van der Waals surface area (Å²) in [5.74, 6) is -2.42. The van der Waals surface area contributed by atoms with Crippen molar-refractivity contribution in [1.82, 2.24) is 14.5 Å². The Kier molecular flexibility index (Phi) is 6.74. The molecule has 0 saturated carbocycles. The molecule has 0 unspecified atom stereocenters. The number of nitrogens with zero attached hydrogens (tertiary/aromatic N) is 3. The molecular weight excluding hydrogens is 1030 g/mol. The van der Waals surface area contributed by atoms with Crippen LogP contribution in [0.3, 0.4) is 0 Å². The summed E-state index contributed by atoms with van der Waals surface area (Å²) >= 11 is 0. The van der Waals surface area contributed by atoms with Crippen molar-refractivity contribution in [3.05, 3.63) is 192 Å². The standard InChI is InChI=1S/C65H66N3O.Pt/c1-41-34-45(58-50(43-24-18-15-19-25-43)26-20-28-53(58)64(8,9)10)30-31-56(41)68-57-29-21-27-51(59(57)67-61(68)52-39-49(63(5,6)7)40-54(60(52)69)65(11,12)13)46-35-47(37-48(36-46)62(2,3)4)55-38-44(32-33-66-55)42-22-16-14-17-23-42;/h14-34,36-40,69H,1-13H3;/q-1;/i1D3,5D3,6D3,7D3,11D3,12D3,13D3,14D,16D,17D,22D,23D,32D,33D,38D;. The SMILES string of the molecule is [2H]c1nc(-c2[c-]c(-c3cccc4c3nc(-c3cc(C(C([2H])([2H])[2H])(C([2H])([2H])[2H])C([2H])([2H])[2H])cc(C(C([2H])([2H])[2H])(C([2H])([2H])[2H])C([2H])([2H])[2H])c3O)n4-c3ccc(-c4c(-c5ccccc5)cccc4C(C)(C)C)cc3C([2H])([2H])[2H])cc(C(C)(C)C)c2)c([2H])c(-c2c([2H])c([2H])c([2H])c([2H])c2[2H])c1[2H].[Pt]. The van der Waals surface area contributed by atoms with Crippen LogP contribution in [-0.4, -0.2) is 19.6 Å². The van der Waals surface area contributed by atoms with E-state index < -0.39 is 163 Å². The van der Waals surface area contributed by atoms with E-state index in [1.807, 2.05) is 69.3 Å². The quantitative estimate of drug-likeness (QED) is 0.162. The minimum Gasteiger partial charge on any atom is -0.507 e. The molecule has 0 spiro atoms. The molecule has 5 heteroatoms. The Morgan fingerprint density at radius 3 is 1.99 bits per heavy atom. The van der Waals surface area contributed by atoms with Crippen molar-refractivity contribution >= 4 is 11.0 Å². The number of imidazole rings is 1. The molecule has 2 aromatic heterocycles. The Hall–Kier alpha value is -6.35. The molecule has 0 aliphatic carbocycles. The van der Waals surface area contributed by atoms with Gasteiger partial charge in [0.1, 0.15) is 11.6 Å². The molecule has 0 saturated heterocycles. The minimum absolute atomic E-state index is 0. The average Bonchev–Trinajstić information content (AvgIpc) is 1.26. The Balaban J connectivity index is 0.0000125. The number of phenols is 1. The van der Waals surface area contributed by atoms with Gasteiger partial charge in [-0.2, -0.15) is 0 Å². The zero-order valence-electron chi connectivity index (χ0n) is 68.0. The smallest absolute Gasteiger partial charge is 0.148 e. The van der Waals surface area contributed by atoms with E-state index in [0.29, 0.717) is 28.3 Å². The first kappa shape index (κ1) is 25.2. The summed E-state index contributed by atoms with van der Waals surface area (Å²) in [6, 6.07) is 25.0. The number of para-hydroxylation sites is 1. The largest absolute Gasteiger partial charge is 0.507 e. The van der Waals surface area contributed by atoms with Gasteiger partial charge in [0.15, 0.2) is 0 Å². The molecule has 0 fully saturated rings. The predicted octanol–water partition coefficient (Wildman–Crippen LogP) is 17.4. The normalized spacial score (nSPS) is 19.6. The summed E-state index contributed by atoms with van der Waals surface area (Å²) in [4.78, 5) is 9.32. The van der Waals surface area contributed by atoms with Crippen molar-refractivity contribution in [2.24, 2.45) is 0 Å². The number of fused-ring (bicyclic) bond motifs is 1. The van der Waals surface area contributed by atoms with Crippen LogP contribution in [0.2, 0.25) is 0 Å². The van der Waals surface area contributed by atoms with Gasteiger partial charge in [-0.25, -0.2) is 4.98 Å². The second-order valence-electron chi connectivity index (χ2n) is 19.1. The van der Waals surface area contributed by atoms with E-state index >= 15 is 0 Å². The van der Waals surface area contributed by atoms with Crippen molar-refractivity contribution in [3.8, 4) is 78.6 Å². The molecule has 0 atom stereocenters. The Morgan fingerprint density at radius 2 is 1.29 bits per heavy atom. The Morgan fingerprint density at radius 1 is 0.586 bits per heavy atom. The fraction of sp³-hybridized carbons (Fsp3) is 0.262. The summed E-state index contributed by atoms with van der Waals surface area (Å²) in [5, 5.41) is 13.2. The average molecular weight is 1130 g/mol. The van der Waals surface area contributed by atoms with Crippen LogP contribution in [0.1, 0.15) is 150 Å². The van der Waals surface area contributed by atoms with Gasteiger partial charge in [0.25, 0.3) is 0 Å². The van der Waals surface area contributed by atoms with Gasteiger partial charge in [0, 0.05) is 67.3 Å². The van der Waals surface area contributed by atoms with Gasteiger partial charge in [-0.15, -0.1) is 29.3 Å². The van der Waals surface area contributed by atoms with Crippen LogP contribution in [-0.2, 0) is 42.7 Å². The number of pyridine rings is 1.